The summed E-state index contributed by atoms with van der Waals surface area (Å²) >= 11 is 1.72. The highest BCUT2D eigenvalue weighted by molar-refractivity contribution is 7.99. The average molecular weight is 224 g/mol. The van der Waals surface area contributed by atoms with E-state index < -0.39 is 0 Å². The van der Waals surface area contributed by atoms with E-state index in [1.807, 2.05) is 0 Å². The molecular weight excluding hydrogens is 208 g/mol. The number of benzene rings is 1. The Labute approximate surface area is 94.4 Å². The van der Waals surface area contributed by atoms with Crippen molar-refractivity contribution in [1.29, 1.82) is 0 Å². The second-order valence-electron chi connectivity index (χ2n) is 3.44. The third-order valence-electron chi connectivity index (χ3n) is 2.23. The first-order chi connectivity index (χ1) is 7.13. The molecule has 0 saturated heterocycles. The van der Waals surface area contributed by atoms with Crippen molar-refractivity contribution in [3.05, 3.63) is 29.3 Å². The molecular formula is C11H16N2OS. The highest BCUT2D eigenvalue weighted by atomic mass is 32.2. The lowest BCUT2D eigenvalue weighted by Gasteiger charge is -2.04. The fourth-order valence-corrected chi connectivity index (χ4v) is 2.10. The minimum absolute atomic E-state index is 0.284. The molecule has 0 amide bonds. The van der Waals surface area contributed by atoms with Crippen molar-refractivity contribution < 1.29 is 5.21 Å². The number of hydrogen-bond donors (Lipinski definition) is 2. The highest BCUT2D eigenvalue weighted by Gasteiger charge is 1.98. The molecule has 0 aliphatic heterocycles. The Kier molecular flexibility index (Phi) is 4.49. The van der Waals surface area contributed by atoms with Crippen LogP contribution in [-0.4, -0.2) is 16.8 Å². The molecule has 0 spiro atoms. The minimum atomic E-state index is 0.284. The first-order valence-electron chi connectivity index (χ1n) is 4.80. The van der Waals surface area contributed by atoms with Crippen LogP contribution in [-0.2, 0) is 0 Å². The largest absolute Gasteiger partial charge is 0.409 e. The van der Waals surface area contributed by atoms with E-state index in [0.29, 0.717) is 6.42 Å². The van der Waals surface area contributed by atoms with Crippen LogP contribution in [0.1, 0.15) is 17.5 Å². The Balaban J connectivity index is 2.48. The summed E-state index contributed by atoms with van der Waals surface area (Å²) in [5.74, 6) is 1.12. The van der Waals surface area contributed by atoms with Crippen LogP contribution in [0.4, 0.5) is 0 Å². The normalized spacial score (nSPS) is 11.7. The zero-order valence-electron chi connectivity index (χ0n) is 9.03. The van der Waals surface area contributed by atoms with Crippen LogP contribution in [0.2, 0.25) is 0 Å². The van der Waals surface area contributed by atoms with Crippen LogP contribution in [0, 0.1) is 13.8 Å². The third-order valence-corrected chi connectivity index (χ3v) is 3.23. The third kappa shape index (κ3) is 3.83. The number of oxime groups is 1. The number of nitrogens with zero attached hydrogens (tertiary/aromatic N) is 1. The molecule has 15 heavy (non-hydrogen) atoms. The van der Waals surface area contributed by atoms with Crippen LogP contribution < -0.4 is 5.73 Å². The lowest BCUT2D eigenvalue weighted by molar-refractivity contribution is 0.317. The van der Waals surface area contributed by atoms with Gasteiger partial charge in [-0.2, -0.15) is 0 Å². The molecule has 0 atom stereocenters. The van der Waals surface area contributed by atoms with Gasteiger partial charge in [0.2, 0.25) is 0 Å². The molecule has 0 saturated carbocycles. The maximum absolute atomic E-state index is 8.37. The van der Waals surface area contributed by atoms with Gasteiger partial charge in [0, 0.05) is 17.1 Å². The van der Waals surface area contributed by atoms with E-state index in [1.165, 1.54) is 16.0 Å². The number of nitrogens with two attached hydrogens (primary N) is 1. The van der Waals surface area contributed by atoms with E-state index >= 15 is 0 Å². The van der Waals surface area contributed by atoms with E-state index in [4.69, 9.17) is 10.9 Å². The van der Waals surface area contributed by atoms with Gasteiger partial charge in [-0.15, -0.1) is 11.8 Å². The fourth-order valence-electron chi connectivity index (χ4n) is 1.13. The molecule has 1 aromatic carbocycles. The van der Waals surface area contributed by atoms with Gasteiger partial charge in [-0.25, -0.2) is 0 Å². The number of thioether (sulfide) groups is 1. The molecule has 1 aromatic rings. The zero-order valence-corrected chi connectivity index (χ0v) is 9.84. The molecule has 3 N–H and O–H groups in total. The van der Waals surface area contributed by atoms with Gasteiger partial charge < -0.3 is 10.9 Å². The Hall–Kier alpha value is -1.16. The van der Waals surface area contributed by atoms with Gasteiger partial charge in [0.05, 0.1) is 0 Å². The number of hydrogen-bond acceptors (Lipinski definition) is 3. The van der Waals surface area contributed by atoms with Gasteiger partial charge >= 0.3 is 0 Å². The molecule has 0 fully saturated rings. The molecule has 0 aliphatic carbocycles. The number of amidine groups is 1. The molecule has 0 aromatic heterocycles. The van der Waals surface area contributed by atoms with Gasteiger partial charge in [-0.3, -0.25) is 0 Å². The Morgan fingerprint density at radius 3 is 2.73 bits per heavy atom. The summed E-state index contributed by atoms with van der Waals surface area (Å²) < 4.78 is 0. The van der Waals surface area contributed by atoms with Gasteiger partial charge in [0.25, 0.3) is 0 Å². The molecule has 0 heterocycles. The Bertz CT molecular complexity index is 364. The van der Waals surface area contributed by atoms with Crippen molar-refractivity contribution in [1.82, 2.24) is 0 Å². The Morgan fingerprint density at radius 2 is 2.13 bits per heavy atom. The fraction of sp³-hybridized carbons (Fsp3) is 0.364. The quantitative estimate of drug-likeness (QED) is 0.272. The molecule has 0 bridgehead atoms. The van der Waals surface area contributed by atoms with Gasteiger partial charge in [-0.05, 0) is 37.1 Å². The average Bonchev–Trinajstić information content (AvgIpc) is 2.23. The summed E-state index contributed by atoms with van der Waals surface area (Å²) in [5, 5.41) is 11.3. The predicted molar refractivity (Wildman–Crippen MR) is 64.7 cm³/mol. The van der Waals surface area contributed by atoms with Crippen molar-refractivity contribution in [3.63, 3.8) is 0 Å². The summed E-state index contributed by atoms with van der Waals surface area (Å²) in [6.45, 7) is 4.20. The highest BCUT2D eigenvalue weighted by Crippen LogP contribution is 2.21. The van der Waals surface area contributed by atoms with E-state index in [0.717, 1.165) is 5.75 Å². The van der Waals surface area contributed by atoms with Crippen molar-refractivity contribution in [2.24, 2.45) is 10.9 Å². The predicted octanol–water partition coefficient (Wildman–Crippen LogP) is 2.53. The van der Waals surface area contributed by atoms with Gasteiger partial charge in [0.1, 0.15) is 5.84 Å². The van der Waals surface area contributed by atoms with Crippen molar-refractivity contribution in [2.45, 2.75) is 25.2 Å². The molecule has 82 valence electrons. The van der Waals surface area contributed by atoms with Gasteiger partial charge in [-0.1, -0.05) is 11.2 Å². The van der Waals surface area contributed by atoms with Crippen LogP contribution in [0.25, 0.3) is 0 Å². The molecule has 3 nitrogen and oxygen atoms in total. The lowest BCUT2D eigenvalue weighted by Crippen LogP contribution is -2.11. The SMILES string of the molecule is Cc1ccc(SCC/C(N)=N/O)cc1C. The summed E-state index contributed by atoms with van der Waals surface area (Å²) in [7, 11) is 0. The number of rotatable bonds is 4. The van der Waals surface area contributed by atoms with Crippen LogP contribution in [0.15, 0.2) is 28.3 Å². The van der Waals surface area contributed by atoms with E-state index in [-0.39, 0.29) is 5.84 Å². The topological polar surface area (TPSA) is 58.6 Å². The van der Waals surface area contributed by atoms with E-state index in [9.17, 15) is 0 Å². The summed E-state index contributed by atoms with van der Waals surface area (Å²) in [4.78, 5) is 1.23. The second kappa shape index (κ2) is 5.66. The van der Waals surface area contributed by atoms with Crippen LogP contribution >= 0.6 is 11.8 Å². The molecule has 4 heteroatoms. The smallest absolute Gasteiger partial charge is 0.139 e. The van der Waals surface area contributed by atoms with Crippen LogP contribution in [0.5, 0.6) is 0 Å². The van der Waals surface area contributed by atoms with Gasteiger partial charge in [0.15, 0.2) is 0 Å². The maximum Gasteiger partial charge on any atom is 0.139 e. The van der Waals surface area contributed by atoms with Crippen molar-refractivity contribution in [3.8, 4) is 0 Å². The lowest BCUT2D eigenvalue weighted by atomic mass is 10.1. The molecule has 0 unspecified atom stereocenters. The monoisotopic (exact) mass is 224 g/mol. The summed E-state index contributed by atoms with van der Waals surface area (Å²) in [6, 6.07) is 6.37. The minimum Gasteiger partial charge on any atom is -0.409 e. The molecule has 0 radical (unpaired) electrons. The number of aryl methyl sites for hydroxylation is 2. The van der Waals surface area contributed by atoms with Crippen LogP contribution in [0.3, 0.4) is 0 Å². The zero-order chi connectivity index (χ0) is 11.3. The summed E-state index contributed by atoms with van der Waals surface area (Å²) in [6.07, 6.45) is 0.605. The molecule has 0 aliphatic rings. The van der Waals surface area contributed by atoms with E-state index in [1.54, 1.807) is 11.8 Å². The molecule has 1 rings (SSSR count). The summed E-state index contributed by atoms with van der Waals surface area (Å²) in [5.41, 5.74) is 7.97. The van der Waals surface area contributed by atoms with Crippen molar-refractivity contribution >= 4 is 17.6 Å². The van der Waals surface area contributed by atoms with E-state index in [2.05, 4.69) is 37.2 Å². The Morgan fingerprint density at radius 1 is 1.40 bits per heavy atom. The first-order valence-corrected chi connectivity index (χ1v) is 5.78. The van der Waals surface area contributed by atoms with Crippen molar-refractivity contribution in [2.75, 3.05) is 5.75 Å². The maximum atomic E-state index is 8.37. The second-order valence-corrected chi connectivity index (χ2v) is 4.60. The first kappa shape index (κ1) is 11.9. The standard InChI is InChI=1S/C11H16N2OS/c1-8-3-4-10(7-9(8)2)15-6-5-11(12)13-14/h3-4,7,14H,5-6H2,1-2H3,(H2,12,13).